The number of methoxy groups -OCH3 is 1. The number of piperidine rings is 1. The minimum Gasteiger partial charge on any atom is -0.465 e. The molecule has 0 spiro atoms. The standard InChI is InChI=1S/C16H20F2N2O4/c1-9-7-10(5-6-19-9)14(21)20-12-4-3-11(15(22)23-2)8-13(12)24-16(17)18/h3-4,8-10,16,19H,5-7H2,1-2H3,(H,20,21)/t9-,10-/m0/s1. The zero-order valence-corrected chi connectivity index (χ0v) is 13.5. The smallest absolute Gasteiger partial charge is 0.387 e. The van der Waals surface area contributed by atoms with Crippen molar-refractivity contribution in [3.8, 4) is 5.75 Å². The Morgan fingerprint density at radius 3 is 2.75 bits per heavy atom. The van der Waals surface area contributed by atoms with Crippen molar-refractivity contribution in [3.63, 3.8) is 0 Å². The lowest BCUT2D eigenvalue weighted by Gasteiger charge is -2.27. The van der Waals surface area contributed by atoms with E-state index < -0.39 is 12.6 Å². The van der Waals surface area contributed by atoms with Crippen LogP contribution in [0.2, 0.25) is 0 Å². The number of benzene rings is 1. The predicted octanol–water partition coefficient (Wildman–Crippen LogP) is 2.40. The number of hydrogen-bond acceptors (Lipinski definition) is 5. The molecule has 8 heteroatoms. The lowest BCUT2D eigenvalue weighted by atomic mass is 9.92. The fraction of sp³-hybridized carbons (Fsp3) is 0.500. The topological polar surface area (TPSA) is 76.7 Å². The molecule has 1 aliphatic heterocycles. The number of nitrogens with one attached hydrogen (secondary N) is 2. The summed E-state index contributed by atoms with van der Waals surface area (Å²) in [5.74, 6) is -1.42. The molecule has 0 saturated carbocycles. The van der Waals surface area contributed by atoms with Gasteiger partial charge in [0.15, 0.2) is 0 Å². The Bertz CT molecular complexity index is 610. The van der Waals surface area contributed by atoms with E-state index in [1.807, 2.05) is 6.92 Å². The Morgan fingerprint density at radius 2 is 2.12 bits per heavy atom. The summed E-state index contributed by atoms with van der Waals surface area (Å²) >= 11 is 0. The molecular weight excluding hydrogens is 322 g/mol. The molecule has 1 heterocycles. The Morgan fingerprint density at radius 1 is 1.38 bits per heavy atom. The van der Waals surface area contributed by atoms with Crippen LogP contribution in [0.5, 0.6) is 5.75 Å². The molecule has 1 aromatic carbocycles. The van der Waals surface area contributed by atoms with Crippen molar-refractivity contribution < 1.29 is 27.8 Å². The summed E-state index contributed by atoms with van der Waals surface area (Å²) in [6.07, 6.45) is 1.33. The van der Waals surface area contributed by atoms with Crippen LogP contribution in [0.4, 0.5) is 14.5 Å². The number of alkyl halides is 2. The molecule has 2 atom stereocenters. The molecular formula is C16H20F2N2O4. The number of halogens is 2. The van der Waals surface area contributed by atoms with E-state index in [1.165, 1.54) is 19.2 Å². The maximum Gasteiger partial charge on any atom is 0.387 e. The van der Waals surface area contributed by atoms with E-state index in [0.29, 0.717) is 12.8 Å². The first kappa shape index (κ1) is 18.1. The first-order valence-corrected chi connectivity index (χ1v) is 7.62. The van der Waals surface area contributed by atoms with Gasteiger partial charge in [-0.05, 0) is 44.5 Å². The quantitative estimate of drug-likeness (QED) is 0.804. The number of amides is 1. The van der Waals surface area contributed by atoms with Crippen LogP contribution in [0.25, 0.3) is 0 Å². The first-order valence-electron chi connectivity index (χ1n) is 7.62. The van der Waals surface area contributed by atoms with Gasteiger partial charge in [-0.15, -0.1) is 0 Å². The minimum absolute atomic E-state index is 0.0571. The van der Waals surface area contributed by atoms with Gasteiger partial charge in [-0.2, -0.15) is 8.78 Å². The van der Waals surface area contributed by atoms with Gasteiger partial charge in [0, 0.05) is 12.0 Å². The zero-order chi connectivity index (χ0) is 17.7. The second-order valence-electron chi connectivity index (χ2n) is 5.65. The van der Waals surface area contributed by atoms with Crippen LogP contribution >= 0.6 is 0 Å². The van der Waals surface area contributed by atoms with Crippen LogP contribution < -0.4 is 15.4 Å². The van der Waals surface area contributed by atoms with Crippen LogP contribution in [-0.2, 0) is 9.53 Å². The molecule has 1 saturated heterocycles. The number of anilines is 1. The molecule has 0 aliphatic carbocycles. The summed E-state index contributed by atoms with van der Waals surface area (Å²) in [5.41, 5.74) is 0.153. The number of ether oxygens (including phenoxy) is 2. The highest BCUT2D eigenvalue weighted by Gasteiger charge is 2.26. The monoisotopic (exact) mass is 342 g/mol. The molecule has 0 bridgehead atoms. The number of carbonyl (C=O) groups excluding carboxylic acids is 2. The summed E-state index contributed by atoms with van der Waals surface area (Å²) in [6.45, 7) is -0.371. The van der Waals surface area contributed by atoms with Crippen molar-refractivity contribution in [2.45, 2.75) is 32.4 Å². The predicted molar refractivity (Wildman–Crippen MR) is 83.2 cm³/mol. The van der Waals surface area contributed by atoms with Crippen LogP contribution in [0, 0.1) is 5.92 Å². The van der Waals surface area contributed by atoms with E-state index in [4.69, 9.17) is 0 Å². The van der Waals surface area contributed by atoms with Gasteiger partial charge >= 0.3 is 12.6 Å². The lowest BCUT2D eigenvalue weighted by Crippen LogP contribution is -2.40. The molecule has 2 N–H and O–H groups in total. The largest absolute Gasteiger partial charge is 0.465 e. The molecule has 0 aromatic heterocycles. The summed E-state index contributed by atoms with van der Waals surface area (Å²) < 4.78 is 34.2. The molecule has 132 valence electrons. The highest BCUT2D eigenvalue weighted by atomic mass is 19.3. The summed E-state index contributed by atoms with van der Waals surface area (Å²) in [4.78, 5) is 23.9. The third-order valence-electron chi connectivity index (χ3n) is 3.87. The lowest BCUT2D eigenvalue weighted by molar-refractivity contribution is -0.121. The minimum atomic E-state index is -3.08. The van der Waals surface area contributed by atoms with Crippen LogP contribution in [0.3, 0.4) is 0 Å². The summed E-state index contributed by atoms with van der Waals surface area (Å²) in [7, 11) is 1.18. The highest BCUT2D eigenvalue weighted by Crippen LogP contribution is 2.29. The fourth-order valence-electron chi connectivity index (χ4n) is 2.67. The van der Waals surface area contributed by atoms with Crippen LogP contribution in [0.15, 0.2) is 18.2 Å². The van der Waals surface area contributed by atoms with Gasteiger partial charge in [-0.25, -0.2) is 4.79 Å². The number of esters is 1. The molecule has 1 fully saturated rings. The molecule has 1 aromatic rings. The Balaban J connectivity index is 2.18. The Labute approximate surface area is 138 Å². The van der Waals surface area contributed by atoms with Crippen molar-refractivity contribution in [1.82, 2.24) is 5.32 Å². The molecule has 24 heavy (non-hydrogen) atoms. The molecule has 1 aliphatic rings. The SMILES string of the molecule is COC(=O)c1ccc(NC(=O)[C@H]2CCN[C@@H](C)C2)c(OC(F)F)c1. The van der Waals surface area contributed by atoms with E-state index in [0.717, 1.165) is 12.6 Å². The number of rotatable bonds is 5. The number of carbonyl (C=O) groups is 2. The van der Waals surface area contributed by atoms with E-state index in [1.54, 1.807) is 0 Å². The maximum atomic E-state index is 12.6. The third-order valence-corrected chi connectivity index (χ3v) is 3.87. The highest BCUT2D eigenvalue weighted by molar-refractivity contribution is 5.96. The van der Waals surface area contributed by atoms with Crippen LogP contribution in [-0.4, -0.2) is 38.2 Å². The third kappa shape index (κ3) is 4.64. The average Bonchev–Trinajstić information content (AvgIpc) is 2.55. The van der Waals surface area contributed by atoms with Gasteiger partial charge < -0.3 is 20.1 Å². The van der Waals surface area contributed by atoms with Gasteiger partial charge in [0.2, 0.25) is 5.91 Å². The van der Waals surface area contributed by atoms with Crippen molar-refractivity contribution in [2.75, 3.05) is 19.0 Å². The second-order valence-corrected chi connectivity index (χ2v) is 5.65. The van der Waals surface area contributed by atoms with Crippen molar-refractivity contribution in [1.29, 1.82) is 0 Å². The van der Waals surface area contributed by atoms with Gasteiger partial charge in [-0.1, -0.05) is 0 Å². The summed E-state index contributed by atoms with van der Waals surface area (Å²) in [6, 6.07) is 4.07. The van der Waals surface area contributed by atoms with Gasteiger partial charge in [0.25, 0.3) is 0 Å². The van der Waals surface area contributed by atoms with E-state index >= 15 is 0 Å². The van der Waals surface area contributed by atoms with E-state index in [9.17, 15) is 18.4 Å². The maximum absolute atomic E-state index is 12.6. The molecule has 6 nitrogen and oxygen atoms in total. The zero-order valence-electron chi connectivity index (χ0n) is 13.5. The Hall–Kier alpha value is -2.22. The van der Waals surface area contributed by atoms with E-state index in [-0.39, 0.29) is 34.9 Å². The van der Waals surface area contributed by atoms with Gasteiger partial charge in [-0.3, -0.25) is 4.79 Å². The normalized spacial score (nSPS) is 20.5. The molecule has 0 unspecified atom stereocenters. The molecule has 1 amide bonds. The van der Waals surface area contributed by atoms with Crippen LogP contribution in [0.1, 0.15) is 30.1 Å². The average molecular weight is 342 g/mol. The second kappa shape index (κ2) is 8.05. The van der Waals surface area contributed by atoms with Crippen molar-refractivity contribution in [2.24, 2.45) is 5.92 Å². The number of hydrogen-bond donors (Lipinski definition) is 2. The van der Waals surface area contributed by atoms with Crippen molar-refractivity contribution >= 4 is 17.6 Å². The summed E-state index contributed by atoms with van der Waals surface area (Å²) in [5, 5.41) is 5.85. The molecule has 0 radical (unpaired) electrons. The first-order chi connectivity index (χ1) is 11.4. The fourth-order valence-corrected chi connectivity index (χ4v) is 2.67. The Kier molecular flexibility index (Phi) is 6.08. The van der Waals surface area contributed by atoms with Crippen molar-refractivity contribution in [3.05, 3.63) is 23.8 Å². The molecule has 2 rings (SSSR count). The van der Waals surface area contributed by atoms with E-state index in [2.05, 4.69) is 20.1 Å². The van der Waals surface area contributed by atoms with Gasteiger partial charge in [0.05, 0.1) is 18.4 Å². The van der Waals surface area contributed by atoms with Gasteiger partial charge in [0.1, 0.15) is 5.75 Å².